The molecule has 3 rings (SSSR count). The summed E-state index contributed by atoms with van der Waals surface area (Å²) in [4.78, 5) is 14.1. The van der Waals surface area contributed by atoms with Crippen LogP contribution in [0.15, 0.2) is 76.2 Å². The quantitative estimate of drug-likeness (QED) is 0.606. The van der Waals surface area contributed by atoms with Crippen LogP contribution >= 0.6 is 0 Å². The maximum absolute atomic E-state index is 12.6. The van der Waals surface area contributed by atoms with Crippen molar-refractivity contribution < 1.29 is 22.4 Å². The van der Waals surface area contributed by atoms with Gasteiger partial charge in [-0.1, -0.05) is 0 Å². The molecule has 0 bridgehead atoms. The lowest BCUT2D eigenvalue weighted by atomic mass is 10.2. The van der Waals surface area contributed by atoms with Gasteiger partial charge in [0.1, 0.15) is 11.5 Å². The summed E-state index contributed by atoms with van der Waals surface area (Å²) < 4.78 is 38.3. The van der Waals surface area contributed by atoms with E-state index < -0.39 is 10.0 Å². The number of hydrogen-bond donors (Lipinski definition) is 1. The lowest BCUT2D eigenvalue weighted by Crippen LogP contribution is -2.26. The lowest BCUT2D eigenvalue weighted by Gasteiger charge is -2.16. The smallest absolute Gasteiger partial charge is 0.261 e. The molecule has 0 aliphatic carbocycles. The number of nitrogens with zero attached hydrogens (tertiary/aromatic N) is 1. The van der Waals surface area contributed by atoms with Crippen molar-refractivity contribution in [2.75, 3.05) is 18.4 Å². The molecular formula is C21H22N2O5S. The molecule has 0 aliphatic heterocycles. The van der Waals surface area contributed by atoms with Crippen molar-refractivity contribution in [2.24, 2.45) is 0 Å². The van der Waals surface area contributed by atoms with Gasteiger partial charge in [-0.3, -0.25) is 9.52 Å². The number of hydrogen-bond acceptors (Lipinski definition) is 5. The van der Waals surface area contributed by atoms with Gasteiger partial charge in [-0.05, 0) is 67.6 Å². The fourth-order valence-electron chi connectivity index (χ4n) is 2.71. The average Bonchev–Trinajstić information content (AvgIpc) is 3.22. The number of carbonyl (C=O) groups is 1. The van der Waals surface area contributed by atoms with E-state index in [1.165, 1.54) is 29.2 Å². The number of rotatable bonds is 8. The molecule has 0 radical (unpaired) electrons. The summed E-state index contributed by atoms with van der Waals surface area (Å²) in [7, 11) is -2.12. The number of amides is 1. The summed E-state index contributed by atoms with van der Waals surface area (Å²) in [5.74, 6) is 1.10. The van der Waals surface area contributed by atoms with E-state index in [9.17, 15) is 13.2 Å². The van der Waals surface area contributed by atoms with Crippen molar-refractivity contribution >= 4 is 21.6 Å². The number of anilines is 1. The molecule has 1 aromatic heterocycles. The maximum Gasteiger partial charge on any atom is 0.261 e. The molecule has 0 spiro atoms. The normalized spacial score (nSPS) is 11.1. The first kappa shape index (κ1) is 20.5. The number of benzene rings is 2. The molecule has 0 saturated carbocycles. The number of furan rings is 1. The standard InChI is InChI=1S/C21H22N2O5S/c1-3-27-18-10-8-17(9-11-18)22-29(25,26)20-12-6-16(7-13-20)21(24)23(2)15-19-5-4-14-28-19/h4-14,22H,3,15H2,1-2H3. The van der Waals surface area contributed by atoms with Gasteiger partial charge in [0.25, 0.3) is 15.9 Å². The average molecular weight is 414 g/mol. The molecule has 152 valence electrons. The van der Waals surface area contributed by atoms with E-state index in [2.05, 4.69) is 4.72 Å². The minimum absolute atomic E-state index is 0.0663. The van der Waals surface area contributed by atoms with Crippen LogP contribution in [-0.4, -0.2) is 32.9 Å². The van der Waals surface area contributed by atoms with Gasteiger partial charge < -0.3 is 14.1 Å². The van der Waals surface area contributed by atoms with Gasteiger partial charge in [-0.15, -0.1) is 0 Å². The molecule has 2 aromatic carbocycles. The number of sulfonamides is 1. The first-order chi connectivity index (χ1) is 13.9. The zero-order valence-electron chi connectivity index (χ0n) is 16.2. The van der Waals surface area contributed by atoms with Crippen LogP contribution < -0.4 is 9.46 Å². The van der Waals surface area contributed by atoms with Crippen LogP contribution in [0.2, 0.25) is 0 Å². The molecule has 7 nitrogen and oxygen atoms in total. The SMILES string of the molecule is CCOc1ccc(NS(=O)(=O)c2ccc(C(=O)N(C)Cc3ccco3)cc2)cc1. The Balaban J connectivity index is 1.68. The van der Waals surface area contributed by atoms with E-state index in [-0.39, 0.29) is 10.8 Å². The van der Waals surface area contributed by atoms with E-state index in [1.807, 2.05) is 6.92 Å². The summed E-state index contributed by atoms with van der Waals surface area (Å²) in [6.45, 7) is 2.73. The Morgan fingerprint density at radius 3 is 2.34 bits per heavy atom. The van der Waals surface area contributed by atoms with Gasteiger partial charge in [-0.2, -0.15) is 0 Å². The van der Waals surface area contributed by atoms with Crippen LogP contribution in [0.1, 0.15) is 23.0 Å². The molecule has 0 saturated heterocycles. The van der Waals surface area contributed by atoms with Crippen molar-refractivity contribution in [1.29, 1.82) is 0 Å². The Labute approximate surface area is 170 Å². The summed E-state index contributed by atoms with van der Waals surface area (Å²) >= 11 is 0. The molecule has 8 heteroatoms. The Morgan fingerprint density at radius 1 is 1.07 bits per heavy atom. The summed E-state index contributed by atoms with van der Waals surface area (Å²) in [5, 5.41) is 0. The highest BCUT2D eigenvalue weighted by atomic mass is 32.2. The van der Waals surface area contributed by atoms with E-state index in [1.54, 1.807) is 49.7 Å². The van der Waals surface area contributed by atoms with Crippen LogP contribution in [0.3, 0.4) is 0 Å². The first-order valence-electron chi connectivity index (χ1n) is 9.02. The zero-order chi connectivity index (χ0) is 20.9. The van der Waals surface area contributed by atoms with Crippen LogP contribution in [-0.2, 0) is 16.6 Å². The summed E-state index contributed by atoms with van der Waals surface area (Å²) in [5.41, 5.74) is 0.811. The predicted molar refractivity (Wildman–Crippen MR) is 109 cm³/mol. The van der Waals surface area contributed by atoms with Gasteiger partial charge >= 0.3 is 0 Å². The monoisotopic (exact) mass is 414 g/mol. The molecular weight excluding hydrogens is 392 g/mol. The van der Waals surface area contributed by atoms with Crippen molar-refractivity contribution in [1.82, 2.24) is 4.90 Å². The van der Waals surface area contributed by atoms with Gasteiger partial charge in [0.2, 0.25) is 0 Å². The van der Waals surface area contributed by atoms with Crippen molar-refractivity contribution in [2.45, 2.75) is 18.4 Å². The van der Waals surface area contributed by atoms with E-state index in [4.69, 9.17) is 9.15 Å². The third-order valence-corrected chi connectivity index (χ3v) is 5.55. The molecule has 0 atom stereocenters. The fourth-order valence-corrected chi connectivity index (χ4v) is 3.76. The largest absolute Gasteiger partial charge is 0.494 e. The first-order valence-corrected chi connectivity index (χ1v) is 10.5. The molecule has 0 fully saturated rings. The van der Waals surface area contributed by atoms with Gasteiger partial charge in [0.15, 0.2) is 0 Å². The molecule has 1 N–H and O–H groups in total. The Kier molecular flexibility index (Phi) is 6.23. The second-order valence-electron chi connectivity index (χ2n) is 6.33. The van der Waals surface area contributed by atoms with E-state index >= 15 is 0 Å². The molecule has 0 unspecified atom stereocenters. The molecule has 3 aromatic rings. The minimum atomic E-state index is -3.77. The molecule has 1 heterocycles. The Hall–Kier alpha value is -3.26. The third kappa shape index (κ3) is 5.17. The Bertz CT molecular complexity index is 1040. The molecule has 1 amide bonds. The second-order valence-corrected chi connectivity index (χ2v) is 8.01. The highest BCUT2D eigenvalue weighted by molar-refractivity contribution is 7.92. The highest BCUT2D eigenvalue weighted by Gasteiger charge is 2.17. The van der Waals surface area contributed by atoms with Gasteiger partial charge in [0, 0.05) is 18.3 Å². The number of nitrogens with one attached hydrogen (secondary N) is 1. The summed E-state index contributed by atoms with van der Waals surface area (Å²) in [6, 6.07) is 16.0. The van der Waals surface area contributed by atoms with Crippen molar-refractivity contribution in [3.05, 3.63) is 78.3 Å². The lowest BCUT2D eigenvalue weighted by molar-refractivity contribution is 0.0775. The van der Waals surface area contributed by atoms with E-state index in [0.29, 0.717) is 35.9 Å². The van der Waals surface area contributed by atoms with Crippen LogP contribution in [0.4, 0.5) is 5.69 Å². The topological polar surface area (TPSA) is 88.8 Å². The summed E-state index contributed by atoms with van der Waals surface area (Å²) in [6.07, 6.45) is 1.55. The predicted octanol–water partition coefficient (Wildman–Crippen LogP) is 3.75. The molecule has 29 heavy (non-hydrogen) atoms. The van der Waals surface area contributed by atoms with Crippen LogP contribution in [0.25, 0.3) is 0 Å². The number of ether oxygens (including phenoxy) is 1. The van der Waals surface area contributed by atoms with Crippen molar-refractivity contribution in [3.63, 3.8) is 0 Å². The van der Waals surface area contributed by atoms with Crippen LogP contribution in [0, 0.1) is 0 Å². The zero-order valence-corrected chi connectivity index (χ0v) is 17.0. The maximum atomic E-state index is 12.6. The molecule has 0 aliphatic rings. The van der Waals surface area contributed by atoms with Gasteiger partial charge in [0.05, 0.1) is 24.3 Å². The minimum Gasteiger partial charge on any atom is -0.494 e. The van der Waals surface area contributed by atoms with Gasteiger partial charge in [-0.25, -0.2) is 8.42 Å². The Morgan fingerprint density at radius 2 is 1.76 bits per heavy atom. The second kappa shape index (κ2) is 8.83. The highest BCUT2D eigenvalue weighted by Crippen LogP contribution is 2.20. The fraction of sp³-hybridized carbons (Fsp3) is 0.190. The third-order valence-electron chi connectivity index (χ3n) is 4.15. The van der Waals surface area contributed by atoms with Crippen LogP contribution in [0.5, 0.6) is 5.75 Å². The van der Waals surface area contributed by atoms with Crippen molar-refractivity contribution in [3.8, 4) is 5.75 Å². The number of carbonyl (C=O) groups excluding carboxylic acids is 1. The van der Waals surface area contributed by atoms with E-state index in [0.717, 1.165) is 0 Å².